The third-order valence-electron chi connectivity index (χ3n) is 1.69. The molecule has 0 bridgehead atoms. The molecule has 0 amide bonds. The number of unbranched alkanes of at least 4 members (excludes halogenated alkanes) is 1. The van der Waals surface area contributed by atoms with Gasteiger partial charge >= 0.3 is 0 Å². The smallest absolute Gasteiger partial charge is 0.169 e. The molecular formula is C9H14BrNO2. The summed E-state index contributed by atoms with van der Waals surface area (Å²) in [4.78, 5) is 0. The third kappa shape index (κ3) is 4.45. The second-order valence-electron chi connectivity index (χ2n) is 2.81. The fourth-order valence-corrected chi connectivity index (χ4v) is 1.36. The van der Waals surface area contributed by atoms with Crippen LogP contribution in [0.25, 0.3) is 0 Å². The van der Waals surface area contributed by atoms with E-state index in [9.17, 15) is 0 Å². The molecule has 0 fully saturated rings. The molecule has 0 spiro atoms. The average molecular weight is 248 g/mol. The Hall–Kier alpha value is -0.320. The second-order valence-corrected chi connectivity index (χ2v) is 3.59. The van der Waals surface area contributed by atoms with E-state index in [2.05, 4.69) is 21.2 Å². The first-order valence-electron chi connectivity index (χ1n) is 4.38. The molecule has 4 heteroatoms. The zero-order chi connectivity index (χ0) is 9.52. The Kier molecular flexibility index (Phi) is 5.12. The molecule has 1 rings (SSSR count). The Balaban J connectivity index is 2.06. The Morgan fingerprint density at radius 1 is 1.38 bits per heavy atom. The zero-order valence-corrected chi connectivity index (χ0v) is 9.01. The summed E-state index contributed by atoms with van der Waals surface area (Å²) in [5.74, 6) is 0.927. The summed E-state index contributed by atoms with van der Waals surface area (Å²) in [7, 11) is 0. The van der Waals surface area contributed by atoms with Gasteiger partial charge in [-0.25, -0.2) is 0 Å². The standard InChI is InChI=1S/C9H14BrNO2/c10-9-4-3-8(13-9)7-11-5-1-2-6-12/h3-4,11-12H,1-2,5-7H2. The van der Waals surface area contributed by atoms with Crippen LogP contribution in [0.2, 0.25) is 0 Å². The third-order valence-corrected chi connectivity index (χ3v) is 2.12. The van der Waals surface area contributed by atoms with Crippen LogP contribution in [0.5, 0.6) is 0 Å². The summed E-state index contributed by atoms with van der Waals surface area (Å²) in [5.41, 5.74) is 0. The molecule has 1 heterocycles. The fourth-order valence-electron chi connectivity index (χ4n) is 1.02. The minimum Gasteiger partial charge on any atom is -0.453 e. The van der Waals surface area contributed by atoms with Gasteiger partial charge in [0.05, 0.1) is 6.54 Å². The van der Waals surface area contributed by atoms with Gasteiger partial charge in [-0.05, 0) is 47.4 Å². The van der Waals surface area contributed by atoms with Crippen molar-refractivity contribution in [3.63, 3.8) is 0 Å². The first-order valence-corrected chi connectivity index (χ1v) is 5.18. The molecule has 0 aromatic carbocycles. The number of aliphatic hydroxyl groups excluding tert-OH is 1. The van der Waals surface area contributed by atoms with Crippen molar-refractivity contribution in [1.29, 1.82) is 0 Å². The van der Waals surface area contributed by atoms with Gasteiger partial charge in [-0.3, -0.25) is 0 Å². The van der Waals surface area contributed by atoms with Crippen LogP contribution in [0.15, 0.2) is 21.2 Å². The highest BCUT2D eigenvalue weighted by atomic mass is 79.9. The number of furan rings is 1. The lowest BCUT2D eigenvalue weighted by Crippen LogP contribution is -2.14. The summed E-state index contributed by atoms with van der Waals surface area (Å²) in [6, 6.07) is 3.81. The zero-order valence-electron chi connectivity index (χ0n) is 7.42. The lowest BCUT2D eigenvalue weighted by Gasteiger charge is -2.00. The monoisotopic (exact) mass is 247 g/mol. The molecule has 3 nitrogen and oxygen atoms in total. The Morgan fingerprint density at radius 2 is 2.23 bits per heavy atom. The van der Waals surface area contributed by atoms with Gasteiger partial charge in [-0.15, -0.1) is 0 Å². The van der Waals surface area contributed by atoms with Crippen LogP contribution in [-0.2, 0) is 6.54 Å². The highest BCUT2D eigenvalue weighted by molar-refractivity contribution is 9.10. The Bertz CT molecular complexity index is 237. The molecule has 0 aliphatic heterocycles. The topological polar surface area (TPSA) is 45.4 Å². The summed E-state index contributed by atoms with van der Waals surface area (Å²) < 4.78 is 6.06. The van der Waals surface area contributed by atoms with E-state index in [0.717, 1.165) is 36.4 Å². The van der Waals surface area contributed by atoms with Crippen LogP contribution >= 0.6 is 15.9 Å². The van der Waals surface area contributed by atoms with E-state index in [1.807, 2.05) is 12.1 Å². The molecule has 0 saturated carbocycles. The number of hydrogen-bond donors (Lipinski definition) is 2. The van der Waals surface area contributed by atoms with E-state index < -0.39 is 0 Å². The quantitative estimate of drug-likeness (QED) is 0.756. The molecule has 2 N–H and O–H groups in total. The van der Waals surface area contributed by atoms with Crippen LogP contribution in [0.4, 0.5) is 0 Å². The normalized spacial score (nSPS) is 10.6. The van der Waals surface area contributed by atoms with Gasteiger partial charge in [-0.1, -0.05) is 0 Å². The van der Waals surface area contributed by atoms with Crippen LogP contribution in [0.1, 0.15) is 18.6 Å². The van der Waals surface area contributed by atoms with Crippen LogP contribution in [-0.4, -0.2) is 18.3 Å². The van der Waals surface area contributed by atoms with Gasteiger partial charge in [-0.2, -0.15) is 0 Å². The lowest BCUT2D eigenvalue weighted by atomic mass is 10.3. The van der Waals surface area contributed by atoms with Gasteiger partial charge in [0.2, 0.25) is 0 Å². The fraction of sp³-hybridized carbons (Fsp3) is 0.556. The number of nitrogens with one attached hydrogen (secondary N) is 1. The van der Waals surface area contributed by atoms with Crippen molar-refractivity contribution in [2.75, 3.05) is 13.2 Å². The minimum atomic E-state index is 0.272. The molecule has 0 atom stereocenters. The Labute approximate surface area is 86.3 Å². The average Bonchev–Trinajstić information content (AvgIpc) is 2.51. The van der Waals surface area contributed by atoms with E-state index in [1.54, 1.807) is 0 Å². The van der Waals surface area contributed by atoms with Crippen molar-refractivity contribution in [3.8, 4) is 0 Å². The Morgan fingerprint density at radius 3 is 2.85 bits per heavy atom. The second kappa shape index (κ2) is 6.18. The summed E-state index contributed by atoms with van der Waals surface area (Å²) >= 11 is 3.24. The largest absolute Gasteiger partial charge is 0.453 e. The highest BCUT2D eigenvalue weighted by Crippen LogP contribution is 2.13. The first kappa shape index (κ1) is 10.8. The maximum absolute atomic E-state index is 8.53. The van der Waals surface area contributed by atoms with E-state index in [0.29, 0.717) is 0 Å². The van der Waals surface area contributed by atoms with Gasteiger partial charge in [0, 0.05) is 6.61 Å². The van der Waals surface area contributed by atoms with Crippen LogP contribution in [0, 0.1) is 0 Å². The van der Waals surface area contributed by atoms with E-state index in [-0.39, 0.29) is 6.61 Å². The molecule has 0 aliphatic rings. The molecule has 74 valence electrons. The van der Waals surface area contributed by atoms with Gasteiger partial charge in [0.15, 0.2) is 4.67 Å². The highest BCUT2D eigenvalue weighted by Gasteiger charge is 1.97. The number of halogens is 1. The molecule has 1 aromatic heterocycles. The van der Waals surface area contributed by atoms with Crippen molar-refractivity contribution in [2.24, 2.45) is 0 Å². The van der Waals surface area contributed by atoms with Crippen molar-refractivity contribution in [3.05, 3.63) is 22.6 Å². The summed E-state index contributed by atoms with van der Waals surface area (Å²) in [6.07, 6.45) is 1.85. The van der Waals surface area contributed by atoms with Crippen LogP contribution < -0.4 is 5.32 Å². The number of rotatable bonds is 6. The number of hydrogen-bond acceptors (Lipinski definition) is 3. The van der Waals surface area contributed by atoms with Gasteiger partial charge in [0.25, 0.3) is 0 Å². The molecule has 0 radical (unpaired) electrons. The molecule has 13 heavy (non-hydrogen) atoms. The SMILES string of the molecule is OCCCCNCc1ccc(Br)o1. The summed E-state index contributed by atoms with van der Waals surface area (Å²) in [6.45, 7) is 1.93. The van der Waals surface area contributed by atoms with Gasteiger partial charge in [0.1, 0.15) is 5.76 Å². The predicted molar refractivity (Wildman–Crippen MR) is 54.4 cm³/mol. The molecule has 0 saturated heterocycles. The predicted octanol–water partition coefficient (Wildman–Crippen LogP) is 1.90. The van der Waals surface area contributed by atoms with Crippen molar-refractivity contribution in [2.45, 2.75) is 19.4 Å². The summed E-state index contributed by atoms with van der Waals surface area (Å²) in [5, 5.41) is 11.8. The molecular weight excluding hydrogens is 234 g/mol. The molecule has 0 aliphatic carbocycles. The van der Waals surface area contributed by atoms with Crippen molar-refractivity contribution < 1.29 is 9.52 Å². The molecule has 1 aromatic rings. The van der Waals surface area contributed by atoms with E-state index in [4.69, 9.17) is 9.52 Å². The van der Waals surface area contributed by atoms with Gasteiger partial charge < -0.3 is 14.8 Å². The lowest BCUT2D eigenvalue weighted by molar-refractivity contribution is 0.283. The maximum Gasteiger partial charge on any atom is 0.169 e. The number of aliphatic hydroxyl groups is 1. The van der Waals surface area contributed by atoms with Crippen molar-refractivity contribution in [1.82, 2.24) is 5.32 Å². The minimum absolute atomic E-state index is 0.272. The van der Waals surface area contributed by atoms with Crippen LogP contribution in [0.3, 0.4) is 0 Å². The first-order chi connectivity index (χ1) is 6.33. The van der Waals surface area contributed by atoms with E-state index in [1.165, 1.54) is 0 Å². The van der Waals surface area contributed by atoms with E-state index >= 15 is 0 Å². The maximum atomic E-state index is 8.53. The molecule has 0 unspecified atom stereocenters. The van der Waals surface area contributed by atoms with Crippen molar-refractivity contribution >= 4 is 15.9 Å².